The molecule has 1 N–H and O–H groups in total. The zero-order chi connectivity index (χ0) is 17.3. The maximum absolute atomic E-state index is 13.0. The highest BCUT2D eigenvalue weighted by molar-refractivity contribution is 6.12. The number of amides is 1. The van der Waals surface area contributed by atoms with E-state index in [0.717, 1.165) is 55.3 Å². The van der Waals surface area contributed by atoms with E-state index < -0.39 is 5.60 Å². The van der Waals surface area contributed by atoms with Gasteiger partial charge in [0, 0.05) is 11.3 Å². The summed E-state index contributed by atoms with van der Waals surface area (Å²) >= 11 is 0. The van der Waals surface area contributed by atoms with E-state index in [1.54, 1.807) is 6.92 Å². The minimum Gasteiger partial charge on any atom is -0.451 e. The Balaban J connectivity index is 1.92. The molecule has 0 aromatic heterocycles. The molecular weight excluding hydrogens is 302 g/mol. The van der Waals surface area contributed by atoms with Gasteiger partial charge in [0.25, 0.3) is 5.91 Å². The predicted molar refractivity (Wildman–Crippen MR) is 93.8 cm³/mol. The highest BCUT2D eigenvalue weighted by atomic mass is 16.6. The van der Waals surface area contributed by atoms with Gasteiger partial charge in [-0.15, -0.1) is 0 Å². The molecule has 3 rings (SSSR count). The average molecular weight is 327 g/mol. The average Bonchev–Trinajstić information content (AvgIpc) is 2.67. The normalized spacial score (nSPS) is 20.0. The highest BCUT2D eigenvalue weighted by Gasteiger charge is 2.49. The lowest BCUT2D eigenvalue weighted by molar-refractivity contribution is -0.148. The van der Waals surface area contributed by atoms with Crippen LogP contribution in [0.15, 0.2) is 29.3 Å². The van der Waals surface area contributed by atoms with Gasteiger partial charge in [0.05, 0.1) is 5.57 Å². The van der Waals surface area contributed by atoms with Crippen molar-refractivity contribution in [3.63, 3.8) is 0 Å². The Morgan fingerprint density at radius 3 is 2.38 bits per heavy atom. The smallest absolute Gasteiger partial charge is 0.335 e. The molecule has 0 saturated heterocycles. The third-order valence-electron chi connectivity index (χ3n) is 5.19. The van der Waals surface area contributed by atoms with Gasteiger partial charge >= 0.3 is 5.97 Å². The van der Waals surface area contributed by atoms with E-state index in [1.165, 1.54) is 0 Å². The van der Waals surface area contributed by atoms with Crippen molar-refractivity contribution in [2.45, 2.75) is 64.9 Å². The summed E-state index contributed by atoms with van der Waals surface area (Å²) in [4.78, 5) is 25.2. The lowest BCUT2D eigenvalue weighted by atomic mass is 9.84. The fourth-order valence-electron chi connectivity index (χ4n) is 3.92. The van der Waals surface area contributed by atoms with E-state index in [1.807, 2.05) is 32.0 Å². The summed E-state index contributed by atoms with van der Waals surface area (Å²) in [5.41, 5.74) is 3.23. The van der Waals surface area contributed by atoms with Gasteiger partial charge in [-0.2, -0.15) is 0 Å². The van der Waals surface area contributed by atoms with Crippen molar-refractivity contribution in [2.24, 2.45) is 0 Å². The standard InChI is InChI=1S/C20H25NO3/c1-13-8-9-16(14(2)12-13)21-18(22)17-15(3)19(23)24-20(17)10-6-4-5-7-11-20/h8-9,12H,4-7,10-11H2,1-3H3,(H,21,22). The molecule has 0 bridgehead atoms. The summed E-state index contributed by atoms with van der Waals surface area (Å²) in [5.74, 6) is -0.546. The van der Waals surface area contributed by atoms with E-state index in [0.29, 0.717) is 11.1 Å². The molecule has 1 heterocycles. The number of esters is 1. The first kappa shape index (κ1) is 16.7. The number of rotatable bonds is 2. The van der Waals surface area contributed by atoms with Crippen LogP contribution < -0.4 is 5.32 Å². The second-order valence-electron chi connectivity index (χ2n) is 7.07. The number of benzene rings is 1. The van der Waals surface area contributed by atoms with Crippen molar-refractivity contribution in [1.29, 1.82) is 0 Å². The molecule has 1 aliphatic carbocycles. The Kier molecular flexibility index (Phi) is 4.48. The van der Waals surface area contributed by atoms with Crippen molar-refractivity contribution in [1.82, 2.24) is 0 Å². The molecule has 24 heavy (non-hydrogen) atoms. The van der Waals surface area contributed by atoms with Gasteiger partial charge in [-0.25, -0.2) is 4.79 Å². The molecule has 1 spiro atoms. The van der Waals surface area contributed by atoms with Crippen LogP contribution in [0.5, 0.6) is 0 Å². The zero-order valence-corrected chi connectivity index (χ0v) is 14.7. The molecule has 1 aromatic rings. The number of anilines is 1. The SMILES string of the molecule is CC1=C(C(=O)Nc2ccc(C)cc2C)C2(CCCCCC2)OC1=O. The first-order valence-electron chi connectivity index (χ1n) is 8.76. The summed E-state index contributed by atoms with van der Waals surface area (Å²) in [6.45, 7) is 5.70. The number of hydrogen-bond acceptors (Lipinski definition) is 3. The van der Waals surface area contributed by atoms with Crippen LogP contribution in [-0.2, 0) is 14.3 Å². The molecule has 4 heteroatoms. The predicted octanol–water partition coefficient (Wildman–Crippen LogP) is 4.21. The van der Waals surface area contributed by atoms with Crippen molar-refractivity contribution >= 4 is 17.6 Å². The van der Waals surface area contributed by atoms with E-state index in [4.69, 9.17) is 4.74 Å². The van der Waals surface area contributed by atoms with Gasteiger partial charge in [-0.05, 0) is 58.1 Å². The van der Waals surface area contributed by atoms with Crippen LogP contribution in [0.3, 0.4) is 0 Å². The van der Waals surface area contributed by atoms with E-state index >= 15 is 0 Å². The maximum atomic E-state index is 13.0. The van der Waals surface area contributed by atoms with Crippen LogP contribution in [0, 0.1) is 13.8 Å². The molecule has 1 saturated carbocycles. The van der Waals surface area contributed by atoms with Crippen LogP contribution >= 0.6 is 0 Å². The van der Waals surface area contributed by atoms with Crippen molar-refractivity contribution in [3.8, 4) is 0 Å². The Labute approximate surface area is 143 Å². The van der Waals surface area contributed by atoms with E-state index in [-0.39, 0.29) is 11.9 Å². The van der Waals surface area contributed by atoms with Gasteiger partial charge in [-0.1, -0.05) is 30.5 Å². The Morgan fingerprint density at radius 1 is 1.08 bits per heavy atom. The fourth-order valence-corrected chi connectivity index (χ4v) is 3.92. The Hall–Kier alpha value is -2.10. The second-order valence-corrected chi connectivity index (χ2v) is 7.07. The van der Waals surface area contributed by atoms with Crippen LogP contribution in [-0.4, -0.2) is 17.5 Å². The molecule has 1 aromatic carbocycles. The summed E-state index contributed by atoms with van der Waals surface area (Å²) in [5, 5.41) is 2.99. The van der Waals surface area contributed by atoms with Gasteiger partial charge < -0.3 is 10.1 Å². The number of carbonyl (C=O) groups is 2. The number of aryl methyl sites for hydroxylation is 2. The molecule has 0 unspecified atom stereocenters. The topological polar surface area (TPSA) is 55.4 Å². The molecule has 2 aliphatic rings. The number of carbonyl (C=O) groups excluding carboxylic acids is 2. The third kappa shape index (κ3) is 2.97. The second kappa shape index (κ2) is 6.42. The van der Waals surface area contributed by atoms with Gasteiger partial charge in [0.2, 0.25) is 0 Å². The maximum Gasteiger partial charge on any atom is 0.335 e. The Bertz CT molecular complexity index is 710. The van der Waals surface area contributed by atoms with Crippen LogP contribution in [0.4, 0.5) is 5.69 Å². The summed E-state index contributed by atoms with van der Waals surface area (Å²) in [6.07, 6.45) is 5.72. The Morgan fingerprint density at radius 2 is 1.75 bits per heavy atom. The van der Waals surface area contributed by atoms with Crippen molar-refractivity contribution < 1.29 is 14.3 Å². The van der Waals surface area contributed by atoms with Crippen LogP contribution in [0.25, 0.3) is 0 Å². The number of ether oxygens (including phenoxy) is 1. The minimum absolute atomic E-state index is 0.202. The fraction of sp³-hybridized carbons (Fsp3) is 0.500. The lowest BCUT2D eigenvalue weighted by Crippen LogP contribution is -2.36. The van der Waals surface area contributed by atoms with Gasteiger partial charge in [0.15, 0.2) is 0 Å². The van der Waals surface area contributed by atoms with E-state index in [2.05, 4.69) is 5.32 Å². The van der Waals surface area contributed by atoms with Gasteiger partial charge in [0.1, 0.15) is 5.60 Å². The minimum atomic E-state index is -0.722. The summed E-state index contributed by atoms with van der Waals surface area (Å²) < 4.78 is 5.73. The molecular formula is C20H25NO3. The molecule has 128 valence electrons. The summed E-state index contributed by atoms with van der Waals surface area (Å²) in [6, 6.07) is 5.92. The summed E-state index contributed by atoms with van der Waals surface area (Å²) in [7, 11) is 0. The number of nitrogens with one attached hydrogen (secondary N) is 1. The quantitative estimate of drug-likeness (QED) is 0.828. The lowest BCUT2D eigenvalue weighted by Gasteiger charge is -2.29. The molecule has 0 radical (unpaired) electrons. The first-order chi connectivity index (χ1) is 11.4. The van der Waals surface area contributed by atoms with Crippen LogP contribution in [0.2, 0.25) is 0 Å². The zero-order valence-electron chi connectivity index (χ0n) is 14.7. The highest BCUT2D eigenvalue weighted by Crippen LogP contribution is 2.43. The molecule has 4 nitrogen and oxygen atoms in total. The van der Waals surface area contributed by atoms with Crippen LogP contribution in [0.1, 0.15) is 56.6 Å². The number of hydrogen-bond donors (Lipinski definition) is 1. The van der Waals surface area contributed by atoms with Gasteiger partial charge in [-0.3, -0.25) is 4.79 Å². The monoisotopic (exact) mass is 327 g/mol. The van der Waals surface area contributed by atoms with E-state index in [9.17, 15) is 9.59 Å². The molecule has 0 atom stereocenters. The van der Waals surface area contributed by atoms with Crippen molar-refractivity contribution in [2.75, 3.05) is 5.32 Å². The largest absolute Gasteiger partial charge is 0.451 e. The molecule has 1 aliphatic heterocycles. The van der Waals surface area contributed by atoms with Crippen molar-refractivity contribution in [3.05, 3.63) is 40.5 Å². The third-order valence-corrected chi connectivity index (χ3v) is 5.19. The molecule has 1 fully saturated rings. The first-order valence-corrected chi connectivity index (χ1v) is 8.76. The molecule has 1 amide bonds.